The maximum Gasteiger partial charge on any atom is 0.417 e. The van der Waals surface area contributed by atoms with Gasteiger partial charge in [-0.05, 0) is 48.2 Å². The number of hydrogen-bond acceptors (Lipinski definition) is 5. The van der Waals surface area contributed by atoms with E-state index in [1.165, 1.54) is 0 Å². The number of amides is 1. The molecule has 2 aromatic rings. The van der Waals surface area contributed by atoms with Crippen molar-refractivity contribution in [3.05, 3.63) is 53.6 Å². The fourth-order valence-electron chi connectivity index (χ4n) is 4.28. The second-order valence-electron chi connectivity index (χ2n) is 7.79. The highest BCUT2D eigenvalue weighted by Gasteiger charge is 2.50. The summed E-state index contributed by atoms with van der Waals surface area (Å²) in [6.07, 6.45) is 1.29. The topological polar surface area (TPSA) is 54.0 Å². The second kappa shape index (κ2) is 7.11. The molecule has 2 heterocycles. The lowest BCUT2D eigenvalue weighted by Gasteiger charge is -2.42. The van der Waals surface area contributed by atoms with Gasteiger partial charge in [0.2, 0.25) is 0 Å². The molecule has 2 aliphatic heterocycles. The molecule has 0 spiro atoms. The van der Waals surface area contributed by atoms with Gasteiger partial charge in [0.1, 0.15) is 5.75 Å². The van der Waals surface area contributed by atoms with Crippen LogP contribution in [-0.2, 0) is 16.7 Å². The predicted molar refractivity (Wildman–Crippen MR) is 110 cm³/mol. The van der Waals surface area contributed by atoms with Crippen LogP contribution in [0.4, 0.5) is 16.2 Å². The monoisotopic (exact) mass is 381 g/mol. The third-order valence-corrected chi connectivity index (χ3v) is 5.93. The van der Waals surface area contributed by atoms with E-state index in [1.54, 1.807) is 0 Å². The van der Waals surface area contributed by atoms with Crippen molar-refractivity contribution in [2.75, 3.05) is 30.9 Å². The van der Waals surface area contributed by atoms with Gasteiger partial charge >= 0.3 is 6.09 Å². The molecular formula is C22H27N3O3. The standard InChI is InChI=1S/C22H27N3O3/c1-5-15-8-6-7-9-18(15)23-21(26)27-16-10-11-19-17(14-16)22(2)12-13-24(3)28-20(22)25(19)4/h6-11,14,20H,5,12-13H2,1-4H3,(H,23,26)/t20-,22-/m0/s1. The largest absolute Gasteiger partial charge is 0.417 e. The molecule has 1 saturated heterocycles. The third kappa shape index (κ3) is 3.12. The van der Waals surface area contributed by atoms with Crippen LogP contribution in [0.15, 0.2) is 42.5 Å². The lowest BCUT2D eigenvalue weighted by Crippen LogP contribution is -2.52. The van der Waals surface area contributed by atoms with E-state index in [0.717, 1.165) is 41.9 Å². The normalized spacial score (nSPS) is 23.9. The number of para-hydroxylation sites is 1. The van der Waals surface area contributed by atoms with Crippen molar-refractivity contribution in [2.45, 2.75) is 38.3 Å². The number of anilines is 2. The molecule has 0 bridgehead atoms. The van der Waals surface area contributed by atoms with Gasteiger partial charge in [0.15, 0.2) is 6.23 Å². The molecule has 1 amide bonds. The van der Waals surface area contributed by atoms with Gasteiger partial charge in [-0.25, -0.2) is 4.79 Å². The number of hydroxylamine groups is 2. The molecule has 0 radical (unpaired) electrons. The predicted octanol–water partition coefficient (Wildman–Crippen LogP) is 4.16. The van der Waals surface area contributed by atoms with E-state index in [2.05, 4.69) is 24.1 Å². The van der Waals surface area contributed by atoms with E-state index < -0.39 is 6.09 Å². The number of nitrogens with one attached hydrogen (secondary N) is 1. The molecule has 2 aliphatic rings. The summed E-state index contributed by atoms with van der Waals surface area (Å²) in [5, 5.41) is 4.75. The molecule has 2 atom stereocenters. The Morgan fingerprint density at radius 3 is 2.86 bits per heavy atom. The maximum absolute atomic E-state index is 12.4. The first-order chi connectivity index (χ1) is 13.4. The number of fused-ring (bicyclic) bond motifs is 3. The lowest BCUT2D eigenvalue weighted by atomic mass is 9.79. The minimum absolute atomic E-state index is 0.0539. The summed E-state index contributed by atoms with van der Waals surface area (Å²) >= 11 is 0. The van der Waals surface area contributed by atoms with Gasteiger partial charge in [-0.3, -0.25) is 10.2 Å². The van der Waals surface area contributed by atoms with Crippen LogP contribution in [0.1, 0.15) is 31.4 Å². The van der Waals surface area contributed by atoms with Crippen LogP contribution >= 0.6 is 0 Å². The Balaban J connectivity index is 1.55. The summed E-state index contributed by atoms with van der Waals surface area (Å²) in [4.78, 5) is 20.7. The first-order valence-electron chi connectivity index (χ1n) is 9.74. The summed E-state index contributed by atoms with van der Waals surface area (Å²) in [7, 11) is 4.01. The lowest BCUT2D eigenvalue weighted by molar-refractivity contribution is -0.226. The van der Waals surface area contributed by atoms with Gasteiger partial charge in [-0.2, -0.15) is 5.06 Å². The number of nitrogens with zero attached hydrogens (tertiary/aromatic N) is 2. The molecule has 1 N–H and O–H groups in total. The summed E-state index contributed by atoms with van der Waals surface area (Å²) in [6, 6.07) is 13.6. The van der Waals surface area contributed by atoms with E-state index in [1.807, 2.05) is 61.6 Å². The third-order valence-electron chi connectivity index (χ3n) is 5.93. The summed E-state index contributed by atoms with van der Waals surface area (Å²) in [6.45, 7) is 5.14. The van der Waals surface area contributed by atoms with Crippen LogP contribution < -0.4 is 15.0 Å². The number of hydrogen-bond donors (Lipinski definition) is 1. The molecule has 1 fully saturated rings. The molecule has 0 saturated carbocycles. The van der Waals surface area contributed by atoms with Gasteiger partial charge in [-0.15, -0.1) is 0 Å². The molecular weight excluding hydrogens is 354 g/mol. The average molecular weight is 381 g/mol. The number of ether oxygens (including phenoxy) is 1. The molecule has 148 valence electrons. The van der Waals surface area contributed by atoms with Crippen LogP contribution in [0.2, 0.25) is 0 Å². The van der Waals surface area contributed by atoms with Crippen molar-refractivity contribution in [1.82, 2.24) is 5.06 Å². The first kappa shape index (κ1) is 18.8. The highest BCUT2D eigenvalue weighted by Crippen LogP contribution is 2.50. The van der Waals surface area contributed by atoms with Crippen LogP contribution in [0.5, 0.6) is 5.75 Å². The van der Waals surface area contributed by atoms with E-state index in [9.17, 15) is 4.79 Å². The van der Waals surface area contributed by atoms with Gasteiger partial charge in [-0.1, -0.05) is 32.0 Å². The van der Waals surface area contributed by atoms with Crippen molar-refractivity contribution in [2.24, 2.45) is 0 Å². The molecule has 0 aliphatic carbocycles. The minimum atomic E-state index is -0.478. The Hall–Kier alpha value is -2.57. The minimum Gasteiger partial charge on any atom is -0.410 e. The number of benzene rings is 2. The number of carbonyl (C=O) groups excluding carboxylic acids is 1. The molecule has 2 aromatic carbocycles. The van der Waals surface area contributed by atoms with E-state index in [-0.39, 0.29) is 11.6 Å². The average Bonchev–Trinajstić information content (AvgIpc) is 2.90. The Morgan fingerprint density at radius 2 is 2.07 bits per heavy atom. The van der Waals surface area contributed by atoms with Gasteiger partial charge < -0.3 is 9.64 Å². The number of likely N-dealkylation sites (N-methyl/N-ethyl adjacent to an activating group) is 1. The highest BCUT2D eigenvalue weighted by atomic mass is 16.7. The van der Waals surface area contributed by atoms with Gasteiger partial charge in [0.05, 0.1) is 0 Å². The number of rotatable bonds is 3. The Morgan fingerprint density at radius 1 is 1.29 bits per heavy atom. The molecule has 28 heavy (non-hydrogen) atoms. The second-order valence-corrected chi connectivity index (χ2v) is 7.79. The number of carbonyl (C=O) groups is 1. The van der Waals surface area contributed by atoms with Crippen molar-refractivity contribution in [3.8, 4) is 5.75 Å². The zero-order valence-electron chi connectivity index (χ0n) is 16.9. The van der Waals surface area contributed by atoms with E-state index >= 15 is 0 Å². The molecule has 6 nitrogen and oxygen atoms in total. The van der Waals surface area contributed by atoms with Crippen molar-refractivity contribution in [3.63, 3.8) is 0 Å². The summed E-state index contributed by atoms with van der Waals surface area (Å²) in [5.41, 5.74) is 4.00. The maximum atomic E-state index is 12.4. The molecule has 0 aromatic heterocycles. The fourth-order valence-corrected chi connectivity index (χ4v) is 4.28. The Kier molecular flexibility index (Phi) is 4.77. The van der Waals surface area contributed by atoms with Gasteiger partial charge in [0.25, 0.3) is 0 Å². The zero-order chi connectivity index (χ0) is 19.9. The molecule has 6 heteroatoms. The summed E-state index contributed by atoms with van der Waals surface area (Å²) < 4.78 is 5.60. The van der Waals surface area contributed by atoms with E-state index in [0.29, 0.717) is 5.75 Å². The first-order valence-corrected chi connectivity index (χ1v) is 9.74. The Bertz CT molecular complexity index is 900. The molecule has 0 unspecified atom stereocenters. The van der Waals surface area contributed by atoms with Crippen molar-refractivity contribution < 1.29 is 14.4 Å². The van der Waals surface area contributed by atoms with Crippen LogP contribution in [0.25, 0.3) is 0 Å². The summed E-state index contributed by atoms with van der Waals surface area (Å²) in [5.74, 6) is 0.541. The Labute approximate surface area is 166 Å². The quantitative estimate of drug-likeness (QED) is 0.865. The van der Waals surface area contributed by atoms with Gasteiger partial charge in [0, 0.05) is 37.4 Å². The molecule has 4 rings (SSSR count). The fraction of sp³-hybridized carbons (Fsp3) is 0.409. The zero-order valence-corrected chi connectivity index (χ0v) is 16.9. The van der Waals surface area contributed by atoms with Crippen molar-refractivity contribution in [1.29, 1.82) is 0 Å². The smallest absolute Gasteiger partial charge is 0.410 e. The van der Waals surface area contributed by atoms with Crippen LogP contribution in [-0.4, -0.2) is 38.0 Å². The van der Waals surface area contributed by atoms with E-state index in [4.69, 9.17) is 9.57 Å². The van der Waals surface area contributed by atoms with Crippen LogP contribution in [0, 0.1) is 0 Å². The number of aryl methyl sites for hydroxylation is 1. The SMILES string of the molecule is CCc1ccccc1NC(=O)Oc1ccc2c(c1)[C@]1(C)CCN(C)O[C@@H]1N2C. The van der Waals surface area contributed by atoms with Crippen LogP contribution in [0.3, 0.4) is 0 Å². The highest BCUT2D eigenvalue weighted by molar-refractivity contribution is 5.87. The van der Waals surface area contributed by atoms with Crippen molar-refractivity contribution >= 4 is 17.5 Å².